The lowest BCUT2D eigenvalue weighted by Crippen LogP contribution is -2.23. The van der Waals surface area contributed by atoms with Gasteiger partial charge in [0.05, 0.1) is 11.2 Å². The summed E-state index contributed by atoms with van der Waals surface area (Å²) in [4.78, 5) is 0. The Hall–Kier alpha value is -0.110. The van der Waals surface area contributed by atoms with E-state index in [1.54, 1.807) is 13.0 Å². The zero-order chi connectivity index (χ0) is 12.3. The molecule has 0 heterocycles. The summed E-state index contributed by atoms with van der Waals surface area (Å²) in [5.74, 6) is 1.50. The van der Waals surface area contributed by atoms with E-state index in [0.717, 1.165) is 0 Å². The summed E-state index contributed by atoms with van der Waals surface area (Å²) < 4.78 is 23.3. The van der Waals surface area contributed by atoms with Crippen LogP contribution in [-0.4, -0.2) is 11.2 Å². The fourth-order valence-electron chi connectivity index (χ4n) is 1.03. The van der Waals surface area contributed by atoms with Crippen LogP contribution in [0.4, 0.5) is 0 Å². The van der Waals surface area contributed by atoms with Crippen molar-refractivity contribution in [3.05, 3.63) is 11.9 Å². The summed E-state index contributed by atoms with van der Waals surface area (Å²) in [5, 5.41) is 0. The molecular weight excluding hydrogens is 211 g/mol. The third kappa shape index (κ3) is 7.78. The van der Waals surface area contributed by atoms with Gasteiger partial charge in [-0.05, 0) is 48.5 Å². The molecule has 0 rings (SSSR count). The van der Waals surface area contributed by atoms with Crippen LogP contribution in [-0.2, 0) is 13.6 Å². The molecule has 0 aromatic carbocycles. The maximum atomic E-state index is 12.3. The molecule has 0 fully saturated rings. The molecule has 0 aliphatic rings. The van der Waals surface area contributed by atoms with Gasteiger partial charge in [0, 0.05) is 5.82 Å². The Morgan fingerprint density at radius 2 is 1.27 bits per heavy atom. The van der Waals surface area contributed by atoms with E-state index >= 15 is 0 Å². The van der Waals surface area contributed by atoms with Gasteiger partial charge in [0.15, 0.2) is 0 Å². The van der Waals surface area contributed by atoms with Crippen LogP contribution in [0, 0.1) is 0 Å². The van der Waals surface area contributed by atoms with Crippen molar-refractivity contribution in [3.8, 4) is 0 Å². The van der Waals surface area contributed by atoms with Crippen molar-refractivity contribution in [2.75, 3.05) is 0 Å². The average Bonchev–Trinajstić information content (AvgIpc) is 1.74. The minimum Gasteiger partial charge on any atom is -0.300 e. The molecule has 0 aliphatic carbocycles. The molecule has 0 aromatic heterocycles. The molecule has 0 amide bonds. The summed E-state index contributed by atoms with van der Waals surface area (Å²) in [7, 11) is -3.14. The molecule has 0 bridgehead atoms. The van der Waals surface area contributed by atoms with E-state index in [4.69, 9.17) is 9.05 Å². The standard InChI is InChI=1S/C11H23O3P/c1-8-9-15(12,13-10(2,3)4)14-11(5,6)7/h8-9H,1-7H3/b9-8+. The van der Waals surface area contributed by atoms with Crippen LogP contribution in [0.5, 0.6) is 0 Å². The predicted octanol–water partition coefficient (Wildman–Crippen LogP) is 4.34. The topological polar surface area (TPSA) is 35.5 Å². The fraction of sp³-hybridized carbons (Fsp3) is 0.818. The highest BCUT2D eigenvalue weighted by molar-refractivity contribution is 7.57. The first-order chi connectivity index (χ1) is 6.47. The van der Waals surface area contributed by atoms with Gasteiger partial charge in [-0.1, -0.05) is 6.08 Å². The van der Waals surface area contributed by atoms with Gasteiger partial charge in [-0.3, -0.25) is 13.6 Å². The van der Waals surface area contributed by atoms with E-state index in [9.17, 15) is 4.57 Å². The van der Waals surface area contributed by atoms with Gasteiger partial charge >= 0.3 is 7.60 Å². The zero-order valence-electron chi connectivity index (χ0n) is 10.8. The molecular formula is C11H23O3P. The maximum absolute atomic E-state index is 12.3. The predicted molar refractivity (Wildman–Crippen MR) is 64.1 cm³/mol. The minimum absolute atomic E-state index is 0.486. The van der Waals surface area contributed by atoms with Crippen molar-refractivity contribution in [1.29, 1.82) is 0 Å². The van der Waals surface area contributed by atoms with Gasteiger partial charge in [-0.2, -0.15) is 0 Å². The molecule has 0 saturated carbocycles. The Kier molecular flexibility index (Phi) is 4.78. The van der Waals surface area contributed by atoms with E-state index in [-0.39, 0.29) is 0 Å². The Balaban J connectivity index is 4.85. The molecule has 15 heavy (non-hydrogen) atoms. The number of hydrogen-bond acceptors (Lipinski definition) is 3. The third-order valence-electron chi connectivity index (χ3n) is 1.13. The van der Waals surface area contributed by atoms with Crippen LogP contribution in [0.2, 0.25) is 0 Å². The highest BCUT2D eigenvalue weighted by atomic mass is 31.2. The molecule has 4 heteroatoms. The van der Waals surface area contributed by atoms with Crippen molar-refractivity contribution in [2.24, 2.45) is 0 Å². The number of allylic oxidation sites excluding steroid dienone is 1. The number of rotatable bonds is 3. The lowest BCUT2D eigenvalue weighted by molar-refractivity contribution is 0.0542. The molecule has 90 valence electrons. The monoisotopic (exact) mass is 234 g/mol. The van der Waals surface area contributed by atoms with Crippen molar-refractivity contribution in [1.82, 2.24) is 0 Å². The molecule has 0 aliphatic heterocycles. The summed E-state index contributed by atoms with van der Waals surface area (Å²) in [6.07, 6.45) is 1.69. The lowest BCUT2D eigenvalue weighted by Gasteiger charge is -2.30. The molecule has 3 nitrogen and oxygen atoms in total. The molecule has 0 N–H and O–H groups in total. The summed E-state index contributed by atoms with van der Waals surface area (Å²) in [6.45, 7) is 12.9. The minimum atomic E-state index is -3.14. The molecule has 0 saturated heterocycles. The van der Waals surface area contributed by atoms with Gasteiger partial charge in [0.1, 0.15) is 0 Å². The second kappa shape index (κ2) is 4.82. The zero-order valence-corrected chi connectivity index (χ0v) is 11.7. The Morgan fingerprint density at radius 3 is 1.47 bits per heavy atom. The van der Waals surface area contributed by atoms with Gasteiger partial charge < -0.3 is 0 Å². The average molecular weight is 234 g/mol. The first-order valence-electron chi connectivity index (χ1n) is 5.12. The Labute approximate surface area is 93.4 Å². The van der Waals surface area contributed by atoms with Crippen molar-refractivity contribution < 1.29 is 13.6 Å². The first kappa shape index (κ1) is 14.9. The van der Waals surface area contributed by atoms with Crippen LogP contribution < -0.4 is 0 Å². The lowest BCUT2D eigenvalue weighted by atomic mass is 10.2. The van der Waals surface area contributed by atoms with Crippen molar-refractivity contribution in [3.63, 3.8) is 0 Å². The van der Waals surface area contributed by atoms with E-state index in [2.05, 4.69) is 0 Å². The van der Waals surface area contributed by atoms with Crippen LogP contribution in [0.15, 0.2) is 11.9 Å². The Bertz CT molecular complexity index is 249. The van der Waals surface area contributed by atoms with E-state index < -0.39 is 18.8 Å². The quantitative estimate of drug-likeness (QED) is 0.681. The SMILES string of the molecule is C/C=C/P(=O)(OC(C)(C)C)OC(C)(C)C. The summed E-state index contributed by atoms with van der Waals surface area (Å²) in [6, 6.07) is 0. The van der Waals surface area contributed by atoms with Crippen LogP contribution in [0.3, 0.4) is 0 Å². The van der Waals surface area contributed by atoms with E-state index in [1.807, 2.05) is 41.5 Å². The maximum Gasteiger partial charge on any atom is 0.354 e. The van der Waals surface area contributed by atoms with Gasteiger partial charge in [-0.25, -0.2) is 0 Å². The van der Waals surface area contributed by atoms with Crippen molar-refractivity contribution in [2.45, 2.75) is 59.7 Å². The molecule has 0 atom stereocenters. The second-order valence-electron chi connectivity index (χ2n) is 5.43. The smallest absolute Gasteiger partial charge is 0.300 e. The molecule has 0 unspecified atom stereocenters. The van der Waals surface area contributed by atoms with Crippen molar-refractivity contribution >= 4 is 7.60 Å². The van der Waals surface area contributed by atoms with Gasteiger partial charge in [0.25, 0.3) is 0 Å². The highest BCUT2D eigenvalue weighted by Gasteiger charge is 2.32. The van der Waals surface area contributed by atoms with Gasteiger partial charge in [0.2, 0.25) is 0 Å². The molecule has 0 spiro atoms. The molecule has 0 aromatic rings. The first-order valence-corrected chi connectivity index (χ1v) is 6.74. The van der Waals surface area contributed by atoms with Crippen LogP contribution in [0.25, 0.3) is 0 Å². The number of hydrogen-bond donors (Lipinski definition) is 0. The fourth-order valence-corrected chi connectivity index (χ4v) is 3.08. The summed E-state index contributed by atoms with van der Waals surface area (Å²) in [5.41, 5.74) is -0.972. The van der Waals surface area contributed by atoms with Crippen LogP contribution >= 0.6 is 7.60 Å². The summed E-state index contributed by atoms with van der Waals surface area (Å²) >= 11 is 0. The van der Waals surface area contributed by atoms with Crippen LogP contribution in [0.1, 0.15) is 48.5 Å². The highest BCUT2D eigenvalue weighted by Crippen LogP contribution is 2.55. The van der Waals surface area contributed by atoms with E-state index in [1.165, 1.54) is 5.82 Å². The normalized spacial score (nSPS) is 14.9. The Morgan fingerprint density at radius 1 is 0.933 bits per heavy atom. The third-order valence-corrected chi connectivity index (χ3v) is 3.40. The largest absolute Gasteiger partial charge is 0.354 e. The second-order valence-corrected chi connectivity index (χ2v) is 7.17. The van der Waals surface area contributed by atoms with Gasteiger partial charge in [-0.15, -0.1) is 0 Å². The van der Waals surface area contributed by atoms with E-state index in [0.29, 0.717) is 0 Å². The molecule has 0 radical (unpaired) electrons.